The van der Waals surface area contributed by atoms with E-state index in [0.717, 1.165) is 0 Å². The van der Waals surface area contributed by atoms with Gasteiger partial charge in [-0.1, -0.05) is 12.1 Å². The molecule has 1 saturated heterocycles. The molecule has 2 aromatic rings. The van der Waals surface area contributed by atoms with E-state index in [-0.39, 0.29) is 12.0 Å². The fourth-order valence-electron chi connectivity index (χ4n) is 2.86. The number of rotatable bonds is 6. The molecule has 2 aromatic heterocycles. The van der Waals surface area contributed by atoms with Crippen LogP contribution in [0.4, 0.5) is 0 Å². The van der Waals surface area contributed by atoms with E-state index in [1.54, 1.807) is 23.6 Å². The Balaban J connectivity index is 1.76. The molecule has 1 aliphatic heterocycles. The van der Waals surface area contributed by atoms with Gasteiger partial charge in [-0.2, -0.15) is 0 Å². The Kier molecular flexibility index (Phi) is 5.39. The highest BCUT2D eigenvalue weighted by atomic mass is 16.5. The molecular weight excluding hydrogens is 328 g/mol. The van der Waals surface area contributed by atoms with Crippen molar-refractivity contribution in [1.29, 1.82) is 0 Å². The highest BCUT2D eigenvalue weighted by Gasteiger charge is 2.32. The third-order valence-electron chi connectivity index (χ3n) is 4.19. The molecule has 1 aliphatic rings. The number of carbonyl (C=O) groups excluding carboxylic acids is 1. The molecule has 0 saturated carbocycles. The lowest BCUT2D eigenvalue weighted by molar-refractivity contribution is -0.0292. The molecule has 10 heteroatoms. The first-order valence-electron chi connectivity index (χ1n) is 8.26. The predicted molar refractivity (Wildman–Crippen MR) is 84.9 cm³/mol. The van der Waals surface area contributed by atoms with Crippen molar-refractivity contribution in [1.82, 2.24) is 30.3 Å². The third kappa shape index (κ3) is 3.54. The highest BCUT2D eigenvalue weighted by molar-refractivity contribution is 5.96. The largest absolute Gasteiger partial charge is 0.383 e. The molecule has 1 atom stereocenters. The zero-order valence-corrected chi connectivity index (χ0v) is 14.6. The van der Waals surface area contributed by atoms with Gasteiger partial charge in [0.05, 0.1) is 32.0 Å². The van der Waals surface area contributed by atoms with Gasteiger partial charge < -0.3 is 18.9 Å². The quantitative estimate of drug-likeness (QED) is 0.736. The van der Waals surface area contributed by atoms with E-state index in [0.29, 0.717) is 62.1 Å². The number of amides is 1. The summed E-state index contributed by atoms with van der Waals surface area (Å²) in [5, 5.41) is 15.7. The smallest absolute Gasteiger partial charge is 0.259 e. The first-order chi connectivity index (χ1) is 12.2. The van der Waals surface area contributed by atoms with E-state index >= 15 is 0 Å². The van der Waals surface area contributed by atoms with E-state index < -0.39 is 0 Å². The van der Waals surface area contributed by atoms with Gasteiger partial charge >= 0.3 is 0 Å². The Morgan fingerprint density at radius 3 is 3.04 bits per heavy atom. The van der Waals surface area contributed by atoms with Crippen LogP contribution in [0.1, 0.15) is 40.7 Å². The Labute approximate surface area is 145 Å². The van der Waals surface area contributed by atoms with Crippen molar-refractivity contribution < 1.29 is 18.8 Å². The lowest BCUT2D eigenvalue weighted by Gasteiger charge is -2.32. The Hall–Kier alpha value is -2.33. The number of ether oxygens (including phenoxy) is 2. The van der Waals surface area contributed by atoms with Crippen LogP contribution in [0.5, 0.6) is 0 Å². The Bertz CT molecular complexity index is 727. The summed E-state index contributed by atoms with van der Waals surface area (Å²) in [6.07, 6.45) is 0.261. The van der Waals surface area contributed by atoms with Gasteiger partial charge in [0.25, 0.3) is 5.91 Å². The second-order valence-corrected chi connectivity index (χ2v) is 5.78. The summed E-state index contributed by atoms with van der Waals surface area (Å²) in [6.45, 7) is 6.01. The van der Waals surface area contributed by atoms with Gasteiger partial charge in [0.2, 0.25) is 0 Å². The summed E-state index contributed by atoms with van der Waals surface area (Å²) in [5.41, 5.74) is 1.22. The molecule has 0 N–H and O–H groups in total. The molecule has 3 heterocycles. The fourth-order valence-corrected chi connectivity index (χ4v) is 2.86. The first-order valence-corrected chi connectivity index (χ1v) is 8.26. The SMILES string of the molecule is CCc1noc(C)c1C(=O)N1CCO[C@H](c2nnnn2CCOC)C1. The molecule has 0 bridgehead atoms. The molecule has 0 spiro atoms. The monoisotopic (exact) mass is 350 g/mol. The van der Waals surface area contributed by atoms with Gasteiger partial charge in [-0.15, -0.1) is 5.10 Å². The minimum absolute atomic E-state index is 0.0974. The lowest BCUT2D eigenvalue weighted by atomic mass is 10.1. The second kappa shape index (κ2) is 7.70. The first kappa shape index (κ1) is 17.5. The third-order valence-corrected chi connectivity index (χ3v) is 4.19. The molecule has 0 radical (unpaired) electrons. The van der Waals surface area contributed by atoms with Crippen molar-refractivity contribution in [3.63, 3.8) is 0 Å². The Morgan fingerprint density at radius 1 is 1.44 bits per heavy atom. The van der Waals surface area contributed by atoms with E-state index in [2.05, 4.69) is 20.7 Å². The van der Waals surface area contributed by atoms with Crippen LogP contribution in [0.3, 0.4) is 0 Å². The fraction of sp³-hybridized carbons (Fsp3) is 0.667. The van der Waals surface area contributed by atoms with Crippen molar-refractivity contribution >= 4 is 5.91 Å². The van der Waals surface area contributed by atoms with Crippen LogP contribution in [0.25, 0.3) is 0 Å². The lowest BCUT2D eigenvalue weighted by Crippen LogP contribution is -2.43. The normalized spacial score (nSPS) is 17.9. The molecule has 0 aliphatic carbocycles. The van der Waals surface area contributed by atoms with Gasteiger partial charge in [-0.25, -0.2) is 4.68 Å². The molecular formula is C15H22N6O4. The zero-order chi connectivity index (χ0) is 17.8. The van der Waals surface area contributed by atoms with Gasteiger partial charge in [0, 0.05) is 13.7 Å². The number of methoxy groups -OCH3 is 1. The summed E-state index contributed by atoms with van der Waals surface area (Å²) in [4.78, 5) is 14.7. The van der Waals surface area contributed by atoms with Crippen LogP contribution < -0.4 is 0 Å². The topological polar surface area (TPSA) is 108 Å². The molecule has 1 fully saturated rings. The van der Waals surface area contributed by atoms with Crippen LogP contribution in [0.2, 0.25) is 0 Å². The number of morpholine rings is 1. The molecule has 136 valence electrons. The van der Waals surface area contributed by atoms with Crippen molar-refractivity contribution in [2.45, 2.75) is 32.9 Å². The molecule has 10 nitrogen and oxygen atoms in total. The highest BCUT2D eigenvalue weighted by Crippen LogP contribution is 2.23. The average Bonchev–Trinajstić information content (AvgIpc) is 3.25. The number of carbonyl (C=O) groups is 1. The summed E-state index contributed by atoms with van der Waals surface area (Å²) in [5.74, 6) is 1.03. The maximum absolute atomic E-state index is 12.9. The number of aryl methyl sites for hydroxylation is 2. The van der Waals surface area contributed by atoms with Crippen molar-refractivity contribution in [3.8, 4) is 0 Å². The summed E-state index contributed by atoms with van der Waals surface area (Å²) < 4.78 is 17.7. The van der Waals surface area contributed by atoms with Crippen molar-refractivity contribution in [2.75, 3.05) is 33.4 Å². The van der Waals surface area contributed by atoms with E-state index in [4.69, 9.17) is 14.0 Å². The molecule has 25 heavy (non-hydrogen) atoms. The number of nitrogens with zero attached hydrogens (tertiary/aromatic N) is 6. The van der Waals surface area contributed by atoms with E-state index in [1.807, 2.05) is 6.92 Å². The van der Waals surface area contributed by atoms with Gasteiger partial charge in [0.15, 0.2) is 5.82 Å². The molecule has 3 rings (SSSR count). The minimum Gasteiger partial charge on any atom is -0.383 e. The maximum Gasteiger partial charge on any atom is 0.259 e. The van der Waals surface area contributed by atoms with Gasteiger partial charge in [0.1, 0.15) is 17.4 Å². The maximum atomic E-state index is 12.9. The van der Waals surface area contributed by atoms with Gasteiger partial charge in [-0.05, 0) is 23.8 Å². The summed E-state index contributed by atoms with van der Waals surface area (Å²) in [7, 11) is 1.62. The van der Waals surface area contributed by atoms with Crippen molar-refractivity contribution in [2.24, 2.45) is 0 Å². The summed E-state index contributed by atoms with van der Waals surface area (Å²) >= 11 is 0. The van der Waals surface area contributed by atoms with Crippen molar-refractivity contribution in [3.05, 3.63) is 22.8 Å². The second-order valence-electron chi connectivity index (χ2n) is 5.78. The minimum atomic E-state index is -0.380. The number of tetrazole rings is 1. The van der Waals surface area contributed by atoms with Crippen LogP contribution in [-0.2, 0) is 22.4 Å². The summed E-state index contributed by atoms with van der Waals surface area (Å²) in [6, 6.07) is 0. The average molecular weight is 350 g/mol. The zero-order valence-electron chi connectivity index (χ0n) is 14.6. The number of hydrogen-bond donors (Lipinski definition) is 0. The van der Waals surface area contributed by atoms with E-state index in [1.165, 1.54) is 0 Å². The standard InChI is InChI=1S/C15H22N6O4/c1-4-11-13(10(2)25-17-11)15(22)20-5-8-24-12(9-20)14-16-18-19-21(14)6-7-23-3/h12H,4-9H2,1-3H3/t12-/m0/s1. The van der Waals surface area contributed by atoms with Crippen LogP contribution in [-0.4, -0.2) is 69.6 Å². The predicted octanol–water partition coefficient (Wildman–Crippen LogP) is 0.392. The van der Waals surface area contributed by atoms with Crippen LogP contribution in [0, 0.1) is 6.92 Å². The molecule has 0 unspecified atom stereocenters. The molecule has 1 amide bonds. The van der Waals surface area contributed by atoms with Crippen LogP contribution >= 0.6 is 0 Å². The Morgan fingerprint density at radius 2 is 2.28 bits per heavy atom. The molecule has 0 aromatic carbocycles. The number of hydrogen-bond acceptors (Lipinski definition) is 8. The van der Waals surface area contributed by atoms with E-state index in [9.17, 15) is 4.79 Å². The number of aromatic nitrogens is 5. The van der Waals surface area contributed by atoms with Crippen LogP contribution in [0.15, 0.2) is 4.52 Å². The van der Waals surface area contributed by atoms with Gasteiger partial charge in [-0.3, -0.25) is 4.79 Å².